The number of hydrogen-bond acceptors (Lipinski definition) is 4. The van der Waals surface area contributed by atoms with E-state index in [-0.39, 0.29) is 11.4 Å². The Balaban J connectivity index is 1.76. The lowest BCUT2D eigenvalue weighted by Gasteiger charge is -2.22. The number of ether oxygens (including phenoxy) is 1. The molecule has 0 radical (unpaired) electrons. The van der Waals surface area contributed by atoms with E-state index in [2.05, 4.69) is 31.2 Å². The normalized spacial score (nSPS) is 14.1. The topological polar surface area (TPSA) is 93.5 Å². The molecule has 27 heavy (non-hydrogen) atoms. The number of rotatable bonds is 6. The zero-order valence-corrected chi connectivity index (χ0v) is 16.1. The molecule has 3 rings (SSSR count). The second-order valence-electron chi connectivity index (χ2n) is 7.92. The SMILES string of the molecule is Cc1cc(OCC(=O)O)ccc1NC(=O)c1cc(C2CC2)n(C(C)(C)C)n1. The van der Waals surface area contributed by atoms with Gasteiger partial charge in [0.25, 0.3) is 5.91 Å². The van der Waals surface area contributed by atoms with Crippen LogP contribution in [0.25, 0.3) is 0 Å². The third-order valence-electron chi connectivity index (χ3n) is 4.41. The van der Waals surface area contributed by atoms with Crippen LogP contribution in [0.4, 0.5) is 5.69 Å². The maximum absolute atomic E-state index is 12.7. The molecular formula is C20H25N3O4. The zero-order valence-electron chi connectivity index (χ0n) is 16.1. The van der Waals surface area contributed by atoms with Gasteiger partial charge in [-0.05, 0) is 70.4 Å². The van der Waals surface area contributed by atoms with Gasteiger partial charge in [-0.3, -0.25) is 9.48 Å². The Labute approximate surface area is 158 Å². The number of amides is 1. The van der Waals surface area contributed by atoms with Gasteiger partial charge in [-0.2, -0.15) is 5.10 Å². The van der Waals surface area contributed by atoms with E-state index < -0.39 is 12.6 Å². The highest BCUT2D eigenvalue weighted by molar-refractivity contribution is 6.03. The molecule has 7 heteroatoms. The van der Waals surface area contributed by atoms with Crippen molar-refractivity contribution in [2.45, 2.75) is 52.0 Å². The average molecular weight is 371 g/mol. The molecular weight excluding hydrogens is 346 g/mol. The van der Waals surface area contributed by atoms with Crippen LogP contribution in [0.2, 0.25) is 0 Å². The smallest absolute Gasteiger partial charge is 0.341 e. The molecule has 2 aromatic rings. The Morgan fingerprint density at radius 3 is 2.56 bits per heavy atom. The molecule has 7 nitrogen and oxygen atoms in total. The Hall–Kier alpha value is -2.83. The fourth-order valence-corrected chi connectivity index (χ4v) is 2.91. The summed E-state index contributed by atoms with van der Waals surface area (Å²) in [6.07, 6.45) is 2.28. The van der Waals surface area contributed by atoms with Crippen molar-refractivity contribution in [1.29, 1.82) is 0 Å². The predicted molar refractivity (Wildman–Crippen MR) is 101 cm³/mol. The van der Waals surface area contributed by atoms with Gasteiger partial charge in [0.1, 0.15) is 5.75 Å². The van der Waals surface area contributed by atoms with Crippen LogP contribution in [-0.4, -0.2) is 33.4 Å². The lowest BCUT2D eigenvalue weighted by molar-refractivity contribution is -0.139. The molecule has 0 bridgehead atoms. The lowest BCUT2D eigenvalue weighted by Crippen LogP contribution is -2.25. The minimum Gasteiger partial charge on any atom is -0.482 e. The zero-order chi connectivity index (χ0) is 19.8. The highest BCUT2D eigenvalue weighted by Gasteiger charge is 2.32. The summed E-state index contributed by atoms with van der Waals surface area (Å²) in [5.74, 6) is -0.361. The largest absolute Gasteiger partial charge is 0.482 e. The molecule has 1 aliphatic rings. The van der Waals surface area contributed by atoms with Gasteiger partial charge in [0, 0.05) is 17.3 Å². The monoisotopic (exact) mass is 371 g/mol. The van der Waals surface area contributed by atoms with Gasteiger partial charge < -0.3 is 15.2 Å². The summed E-state index contributed by atoms with van der Waals surface area (Å²) in [7, 11) is 0. The number of nitrogens with zero attached hydrogens (tertiary/aromatic N) is 2. The van der Waals surface area contributed by atoms with Crippen molar-refractivity contribution in [3.63, 3.8) is 0 Å². The highest BCUT2D eigenvalue weighted by Crippen LogP contribution is 2.41. The number of aromatic nitrogens is 2. The molecule has 1 aromatic heterocycles. The number of hydrogen-bond donors (Lipinski definition) is 2. The number of aliphatic carboxylic acids is 1. The van der Waals surface area contributed by atoms with Crippen LogP contribution in [0.1, 0.15) is 61.3 Å². The van der Waals surface area contributed by atoms with Crippen LogP contribution in [0, 0.1) is 6.92 Å². The van der Waals surface area contributed by atoms with E-state index >= 15 is 0 Å². The van der Waals surface area contributed by atoms with Crippen LogP contribution < -0.4 is 10.1 Å². The molecule has 0 saturated heterocycles. The van der Waals surface area contributed by atoms with Gasteiger partial charge in [0.2, 0.25) is 0 Å². The van der Waals surface area contributed by atoms with Gasteiger partial charge in [0.05, 0.1) is 5.54 Å². The number of carbonyl (C=O) groups excluding carboxylic acids is 1. The van der Waals surface area contributed by atoms with Crippen LogP contribution >= 0.6 is 0 Å². The van der Waals surface area contributed by atoms with E-state index in [0.29, 0.717) is 23.0 Å². The van der Waals surface area contributed by atoms with Crippen LogP contribution in [0.5, 0.6) is 5.75 Å². The van der Waals surface area contributed by atoms with E-state index in [0.717, 1.165) is 24.1 Å². The molecule has 0 unspecified atom stereocenters. The van der Waals surface area contributed by atoms with Crippen molar-refractivity contribution >= 4 is 17.6 Å². The molecule has 1 heterocycles. The molecule has 1 amide bonds. The van der Waals surface area contributed by atoms with E-state index in [9.17, 15) is 9.59 Å². The number of anilines is 1. The minimum atomic E-state index is -1.04. The van der Waals surface area contributed by atoms with Crippen LogP contribution in [0.3, 0.4) is 0 Å². The number of aryl methyl sites for hydroxylation is 1. The van der Waals surface area contributed by atoms with Gasteiger partial charge in [-0.25, -0.2) is 4.79 Å². The van der Waals surface area contributed by atoms with Gasteiger partial charge in [-0.1, -0.05) is 0 Å². The van der Waals surface area contributed by atoms with E-state index in [1.54, 1.807) is 18.2 Å². The molecule has 1 fully saturated rings. The third-order valence-corrected chi connectivity index (χ3v) is 4.41. The fraction of sp³-hybridized carbons (Fsp3) is 0.450. The molecule has 0 atom stereocenters. The van der Waals surface area contributed by atoms with Crippen LogP contribution in [-0.2, 0) is 10.3 Å². The molecule has 1 aromatic carbocycles. The summed E-state index contributed by atoms with van der Waals surface area (Å²) in [6.45, 7) is 7.65. The van der Waals surface area contributed by atoms with E-state index in [4.69, 9.17) is 9.84 Å². The number of nitrogens with one attached hydrogen (secondary N) is 1. The maximum atomic E-state index is 12.7. The number of benzene rings is 1. The Bertz CT molecular complexity index is 876. The number of carboxylic acids is 1. The first kappa shape index (κ1) is 18.9. The minimum absolute atomic E-state index is 0.185. The number of carbonyl (C=O) groups is 2. The van der Waals surface area contributed by atoms with Crippen molar-refractivity contribution in [2.75, 3.05) is 11.9 Å². The van der Waals surface area contributed by atoms with Crippen LogP contribution in [0.15, 0.2) is 24.3 Å². The second kappa shape index (κ2) is 7.06. The Morgan fingerprint density at radius 1 is 1.30 bits per heavy atom. The Kier molecular flexibility index (Phi) is 4.95. The first-order valence-electron chi connectivity index (χ1n) is 9.02. The quantitative estimate of drug-likeness (QED) is 0.810. The first-order chi connectivity index (χ1) is 12.6. The fourth-order valence-electron chi connectivity index (χ4n) is 2.91. The third kappa shape index (κ3) is 4.48. The van der Waals surface area contributed by atoms with E-state index in [1.807, 2.05) is 17.7 Å². The lowest BCUT2D eigenvalue weighted by atomic mass is 10.1. The average Bonchev–Trinajstić information content (AvgIpc) is 3.31. The standard InChI is InChI=1S/C20H25N3O4/c1-12-9-14(27-11-18(24)25)7-8-15(12)21-19(26)16-10-17(13-5-6-13)23(22-16)20(2,3)4/h7-10,13H,5-6,11H2,1-4H3,(H,21,26)(H,24,25). The highest BCUT2D eigenvalue weighted by atomic mass is 16.5. The second-order valence-corrected chi connectivity index (χ2v) is 7.92. The molecule has 0 aliphatic heterocycles. The van der Waals surface area contributed by atoms with Gasteiger partial charge in [0.15, 0.2) is 12.3 Å². The molecule has 0 spiro atoms. The van der Waals surface area contributed by atoms with Gasteiger partial charge >= 0.3 is 5.97 Å². The predicted octanol–water partition coefficient (Wildman–Crippen LogP) is 3.54. The molecule has 144 valence electrons. The van der Waals surface area contributed by atoms with Crippen molar-refractivity contribution in [3.05, 3.63) is 41.2 Å². The van der Waals surface area contributed by atoms with Gasteiger partial charge in [-0.15, -0.1) is 0 Å². The van der Waals surface area contributed by atoms with E-state index in [1.165, 1.54) is 0 Å². The summed E-state index contributed by atoms with van der Waals surface area (Å²) >= 11 is 0. The van der Waals surface area contributed by atoms with Crippen molar-refractivity contribution in [2.24, 2.45) is 0 Å². The first-order valence-corrected chi connectivity index (χ1v) is 9.02. The summed E-state index contributed by atoms with van der Waals surface area (Å²) < 4.78 is 7.11. The maximum Gasteiger partial charge on any atom is 0.341 e. The Morgan fingerprint density at radius 2 is 2.00 bits per heavy atom. The molecule has 1 aliphatic carbocycles. The summed E-state index contributed by atoms with van der Waals surface area (Å²) in [5.41, 5.74) is 2.75. The molecule has 2 N–H and O–H groups in total. The molecule has 1 saturated carbocycles. The van der Waals surface area contributed by atoms with Crippen molar-refractivity contribution in [1.82, 2.24) is 9.78 Å². The summed E-state index contributed by atoms with van der Waals surface area (Å²) in [6, 6.07) is 6.92. The summed E-state index contributed by atoms with van der Waals surface area (Å²) in [5, 5.41) is 16.1. The van der Waals surface area contributed by atoms with Crippen molar-refractivity contribution in [3.8, 4) is 5.75 Å². The number of carboxylic acid groups (broad SMARTS) is 1. The van der Waals surface area contributed by atoms with Crippen molar-refractivity contribution < 1.29 is 19.4 Å². The summed E-state index contributed by atoms with van der Waals surface area (Å²) in [4.78, 5) is 23.3.